The lowest BCUT2D eigenvalue weighted by molar-refractivity contribution is -0.0500. The number of nitrogens with zero attached hydrogens (tertiary/aromatic N) is 1. The van der Waals surface area contributed by atoms with E-state index in [0.29, 0.717) is 12.8 Å². The molecule has 1 aliphatic rings. The van der Waals surface area contributed by atoms with Gasteiger partial charge in [-0.25, -0.2) is 0 Å². The summed E-state index contributed by atoms with van der Waals surface area (Å²) in [5, 5.41) is 3.35. The van der Waals surface area contributed by atoms with E-state index < -0.39 is 15.6 Å². The van der Waals surface area contributed by atoms with E-state index in [0.717, 1.165) is 61.6 Å². The van der Waals surface area contributed by atoms with Crippen molar-refractivity contribution in [3.05, 3.63) is 88.5 Å². The van der Waals surface area contributed by atoms with E-state index in [-0.39, 0.29) is 11.7 Å². The third-order valence-electron chi connectivity index (χ3n) is 7.53. The van der Waals surface area contributed by atoms with Gasteiger partial charge in [-0.1, -0.05) is 43.3 Å². The predicted octanol–water partition coefficient (Wildman–Crippen LogP) is 6.37. The van der Waals surface area contributed by atoms with Gasteiger partial charge in [0.15, 0.2) is 0 Å². The molecule has 0 saturated carbocycles. The molecule has 0 spiro atoms. The smallest absolute Gasteiger partial charge is 0.497 e. The van der Waals surface area contributed by atoms with Crippen LogP contribution in [0.5, 0.6) is 11.5 Å². The summed E-state index contributed by atoms with van der Waals surface area (Å²) < 4.78 is 71.1. The van der Waals surface area contributed by atoms with E-state index in [9.17, 15) is 21.6 Å². The van der Waals surface area contributed by atoms with Crippen LogP contribution in [0.15, 0.2) is 60.7 Å². The Hall–Kier alpha value is -3.24. The number of anilines is 1. The van der Waals surface area contributed by atoms with E-state index in [1.54, 1.807) is 13.2 Å². The number of benzene rings is 3. The zero-order valence-corrected chi connectivity index (χ0v) is 24.4. The molecule has 4 rings (SSSR count). The molecule has 1 N–H and O–H groups in total. The van der Waals surface area contributed by atoms with Crippen molar-refractivity contribution >= 4 is 15.8 Å². The van der Waals surface area contributed by atoms with Crippen LogP contribution in [0.3, 0.4) is 0 Å². The number of hydrogen-bond donors (Lipinski definition) is 1. The highest BCUT2D eigenvalue weighted by Gasteiger charge is 2.48. The van der Waals surface area contributed by atoms with Crippen LogP contribution in [-0.2, 0) is 35.9 Å². The van der Waals surface area contributed by atoms with Crippen molar-refractivity contribution in [3.63, 3.8) is 0 Å². The summed E-state index contributed by atoms with van der Waals surface area (Å²) in [6, 6.07) is 19.2. The van der Waals surface area contributed by atoms with Crippen LogP contribution in [0.2, 0.25) is 0 Å². The van der Waals surface area contributed by atoms with Crippen molar-refractivity contribution in [1.29, 1.82) is 0 Å². The molecule has 1 atom stereocenters. The van der Waals surface area contributed by atoms with Gasteiger partial charge in [0.1, 0.15) is 11.5 Å². The van der Waals surface area contributed by atoms with Gasteiger partial charge in [-0.05, 0) is 97.6 Å². The fraction of sp³-hybridized carbons (Fsp3) is 0.419. The van der Waals surface area contributed by atoms with E-state index in [1.807, 2.05) is 6.07 Å². The number of nitrogens with one attached hydrogen (secondary N) is 1. The first-order valence-corrected chi connectivity index (χ1v) is 15.3. The van der Waals surface area contributed by atoms with E-state index in [4.69, 9.17) is 4.74 Å². The largest absolute Gasteiger partial charge is 0.534 e. The number of aryl methyl sites for hydroxylation is 1. The van der Waals surface area contributed by atoms with Crippen molar-refractivity contribution in [2.75, 3.05) is 31.6 Å². The average Bonchev–Trinajstić information content (AvgIpc) is 2.95. The Morgan fingerprint density at radius 1 is 0.951 bits per heavy atom. The molecule has 0 bridgehead atoms. The van der Waals surface area contributed by atoms with Crippen LogP contribution in [0.4, 0.5) is 18.9 Å². The Morgan fingerprint density at radius 2 is 1.66 bits per heavy atom. The second-order valence-corrected chi connectivity index (χ2v) is 11.8. The minimum atomic E-state index is -5.71. The normalized spacial score (nSPS) is 15.3. The molecule has 6 nitrogen and oxygen atoms in total. The van der Waals surface area contributed by atoms with Crippen molar-refractivity contribution < 1.29 is 30.5 Å². The van der Waals surface area contributed by atoms with Gasteiger partial charge in [-0.15, -0.1) is 0 Å². The fourth-order valence-electron chi connectivity index (χ4n) is 5.30. The highest BCUT2D eigenvalue weighted by atomic mass is 32.2. The third-order valence-corrected chi connectivity index (χ3v) is 8.51. The standard InChI is InChI=1S/C31H37F3N2O4S/c1-4-35-17-16-22-6-8-23(9-7-22)21-36(5-2)30-20-27(39-3)14-15-29(30)26-11-10-25-19-28(13-12-24(25)18-26)40-41(37,38)31(32,33)34/h6-9,12-15,19-20,26,35H,4-5,10-11,16-18,21H2,1-3H3/t26-/m1/s1. The average molecular weight is 591 g/mol. The fourth-order valence-corrected chi connectivity index (χ4v) is 5.75. The maximum atomic E-state index is 12.8. The second-order valence-electron chi connectivity index (χ2n) is 10.2. The summed E-state index contributed by atoms with van der Waals surface area (Å²) in [5.74, 6) is 0.621. The van der Waals surface area contributed by atoms with Crippen molar-refractivity contribution in [2.24, 2.45) is 0 Å². The summed E-state index contributed by atoms with van der Waals surface area (Å²) in [4.78, 5) is 2.33. The van der Waals surface area contributed by atoms with Crippen LogP contribution < -0.4 is 19.1 Å². The van der Waals surface area contributed by atoms with E-state index in [2.05, 4.69) is 64.6 Å². The minimum Gasteiger partial charge on any atom is -0.497 e. The van der Waals surface area contributed by atoms with Gasteiger partial charge in [0.2, 0.25) is 0 Å². The van der Waals surface area contributed by atoms with Gasteiger partial charge in [-0.3, -0.25) is 0 Å². The van der Waals surface area contributed by atoms with Gasteiger partial charge < -0.3 is 19.1 Å². The zero-order chi connectivity index (χ0) is 29.6. The Balaban J connectivity index is 1.54. The van der Waals surface area contributed by atoms with Crippen molar-refractivity contribution in [1.82, 2.24) is 5.32 Å². The summed E-state index contributed by atoms with van der Waals surface area (Å²) in [6.07, 6.45) is 3.02. The van der Waals surface area contributed by atoms with Gasteiger partial charge in [0, 0.05) is 24.8 Å². The number of halogens is 3. The molecule has 222 valence electrons. The van der Waals surface area contributed by atoms with E-state index in [1.165, 1.54) is 28.8 Å². The lowest BCUT2D eigenvalue weighted by Gasteiger charge is -2.32. The molecule has 10 heteroatoms. The first-order valence-electron chi connectivity index (χ1n) is 13.9. The molecule has 0 heterocycles. The number of rotatable bonds is 12. The molecule has 41 heavy (non-hydrogen) atoms. The second kappa shape index (κ2) is 13.2. The molecule has 0 saturated heterocycles. The lowest BCUT2D eigenvalue weighted by atomic mass is 9.79. The first-order chi connectivity index (χ1) is 19.5. The summed E-state index contributed by atoms with van der Waals surface area (Å²) >= 11 is 0. The SMILES string of the molecule is CCNCCc1ccc(CN(CC)c2cc(OC)ccc2[C@@H]2CCc3cc(OS(=O)(=O)C(F)(F)F)ccc3C2)cc1. The molecule has 0 aromatic heterocycles. The van der Waals surface area contributed by atoms with Crippen LogP contribution in [0, 0.1) is 0 Å². The molecular formula is C31H37F3N2O4S. The minimum absolute atomic E-state index is 0.177. The Labute approximate surface area is 240 Å². The third kappa shape index (κ3) is 7.54. The lowest BCUT2D eigenvalue weighted by Crippen LogP contribution is -2.28. The number of ether oxygens (including phenoxy) is 1. The topological polar surface area (TPSA) is 67.9 Å². The van der Waals surface area contributed by atoms with Crippen LogP contribution in [0.1, 0.15) is 54.0 Å². The summed E-state index contributed by atoms with van der Waals surface area (Å²) in [5.41, 5.74) is 1.07. The Kier molecular flexibility index (Phi) is 9.86. The maximum absolute atomic E-state index is 12.8. The van der Waals surface area contributed by atoms with Crippen molar-refractivity contribution in [3.8, 4) is 11.5 Å². The van der Waals surface area contributed by atoms with Gasteiger partial charge in [-0.2, -0.15) is 21.6 Å². The van der Waals surface area contributed by atoms with Crippen LogP contribution in [0.25, 0.3) is 0 Å². The number of likely N-dealkylation sites (N-methyl/N-ethyl adjacent to an activating group) is 1. The summed E-state index contributed by atoms with van der Waals surface area (Å²) in [7, 11) is -4.06. The number of fused-ring (bicyclic) bond motifs is 1. The van der Waals surface area contributed by atoms with Crippen molar-refractivity contribution in [2.45, 2.75) is 57.5 Å². The number of hydrogen-bond acceptors (Lipinski definition) is 6. The molecule has 1 aliphatic carbocycles. The molecule has 3 aromatic carbocycles. The molecule has 3 aromatic rings. The van der Waals surface area contributed by atoms with Crippen LogP contribution >= 0.6 is 0 Å². The molecular weight excluding hydrogens is 553 g/mol. The first kappa shape index (κ1) is 30.7. The molecule has 0 radical (unpaired) electrons. The van der Waals surface area contributed by atoms with Gasteiger partial charge in [0.25, 0.3) is 0 Å². The van der Waals surface area contributed by atoms with E-state index >= 15 is 0 Å². The highest BCUT2D eigenvalue weighted by Crippen LogP contribution is 2.40. The Morgan fingerprint density at radius 3 is 2.32 bits per heavy atom. The maximum Gasteiger partial charge on any atom is 0.534 e. The molecule has 0 fully saturated rings. The highest BCUT2D eigenvalue weighted by molar-refractivity contribution is 7.88. The Bertz CT molecular complexity index is 1430. The molecule has 0 amide bonds. The quantitative estimate of drug-likeness (QED) is 0.150. The monoisotopic (exact) mass is 590 g/mol. The number of methoxy groups -OCH3 is 1. The number of alkyl halides is 3. The van der Waals surface area contributed by atoms with Gasteiger partial charge in [0.05, 0.1) is 7.11 Å². The van der Waals surface area contributed by atoms with Gasteiger partial charge >= 0.3 is 15.6 Å². The predicted molar refractivity (Wildman–Crippen MR) is 155 cm³/mol. The molecule has 0 aliphatic heterocycles. The zero-order valence-electron chi connectivity index (χ0n) is 23.6. The summed E-state index contributed by atoms with van der Waals surface area (Å²) in [6.45, 7) is 7.67. The molecule has 0 unspecified atom stereocenters. The van der Waals surface area contributed by atoms with Crippen LogP contribution in [-0.4, -0.2) is 40.7 Å².